The summed E-state index contributed by atoms with van der Waals surface area (Å²) in [5, 5.41) is 0. The third-order valence-corrected chi connectivity index (χ3v) is 4.02. The molecule has 0 radical (unpaired) electrons. The molecule has 0 bridgehead atoms. The van der Waals surface area contributed by atoms with Crippen LogP contribution in [0.3, 0.4) is 0 Å². The van der Waals surface area contributed by atoms with Crippen molar-refractivity contribution in [3.63, 3.8) is 0 Å². The molecule has 0 aromatic carbocycles. The lowest BCUT2D eigenvalue weighted by molar-refractivity contribution is -0.142. The molecule has 0 fully saturated rings. The molecule has 108 valence electrons. The molecule has 0 aliphatic heterocycles. The molecule has 0 amide bonds. The molecule has 2 N–H and O–H groups in total. The first-order valence-electron chi connectivity index (χ1n) is 6.03. The van der Waals surface area contributed by atoms with Crippen LogP contribution in [-0.4, -0.2) is 43.3 Å². The molecule has 1 atom stereocenters. The zero-order valence-electron chi connectivity index (χ0n) is 11.0. The Hall–Kier alpha value is -1.41. The number of aromatic amines is 1. The van der Waals surface area contributed by atoms with Gasteiger partial charge < -0.3 is 9.72 Å². The van der Waals surface area contributed by atoms with E-state index in [0.29, 0.717) is 12.1 Å². The lowest BCUT2D eigenvalue weighted by Crippen LogP contribution is -2.44. The van der Waals surface area contributed by atoms with Gasteiger partial charge in [0.1, 0.15) is 6.04 Å². The molecule has 0 aliphatic carbocycles. The maximum absolute atomic E-state index is 11.8. The number of hydrogen-bond donors (Lipinski definition) is 2. The van der Waals surface area contributed by atoms with Gasteiger partial charge in [0.2, 0.25) is 10.0 Å². The van der Waals surface area contributed by atoms with Crippen molar-refractivity contribution in [2.45, 2.75) is 32.2 Å². The minimum absolute atomic E-state index is 0.0000293. The van der Waals surface area contributed by atoms with Crippen LogP contribution in [0.15, 0.2) is 12.5 Å². The van der Waals surface area contributed by atoms with Gasteiger partial charge in [-0.1, -0.05) is 13.3 Å². The molecular weight excluding hydrogens is 270 g/mol. The number of rotatable bonds is 8. The number of ether oxygens (including phenoxy) is 1. The molecule has 0 unspecified atom stereocenters. The molecule has 1 heterocycles. The van der Waals surface area contributed by atoms with E-state index in [1.807, 2.05) is 6.92 Å². The SMILES string of the molecule is CCCCS(=O)(=O)N[C@@H](Cc1cnc[nH]1)C(=O)OC. The number of nitrogens with one attached hydrogen (secondary N) is 2. The highest BCUT2D eigenvalue weighted by molar-refractivity contribution is 7.89. The molecule has 0 spiro atoms. The molecule has 1 aromatic heterocycles. The fraction of sp³-hybridized carbons (Fsp3) is 0.636. The minimum atomic E-state index is -3.49. The van der Waals surface area contributed by atoms with Gasteiger partial charge in [-0.15, -0.1) is 0 Å². The molecule has 1 aromatic rings. The predicted molar refractivity (Wildman–Crippen MR) is 69.9 cm³/mol. The van der Waals surface area contributed by atoms with Crippen LogP contribution in [0.4, 0.5) is 0 Å². The van der Waals surface area contributed by atoms with Crippen molar-refractivity contribution in [3.05, 3.63) is 18.2 Å². The Morgan fingerprint density at radius 2 is 2.32 bits per heavy atom. The van der Waals surface area contributed by atoms with E-state index in [1.165, 1.54) is 19.6 Å². The van der Waals surface area contributed by atoms with Crippen LogP contribution in [0.25, 0.3) is 0 Å². The normalized spacial score (nSPS) is 13.2. The topological polar surface area (TPSA) is 101 Å². The Balaban J connectivity index is 2.72. The lowest BCUT2D eigenvalue weighted by Gasteiger charge is -2.15. The summed E-state index contributed by atoms with van der Waals surface area (Å²) in [5.41, 5.74) is 0.661. The van der Waals surface area contributed by atoms with Gasteiger partial charge in [-0.25, -0.2) is 18.1 Å². The molecular formula is C11H19N3O4S. The van der Waals surface area contributed by atoms with Gasteiger partial charge in [-0.2, -0.15) is 0 Å². The van der Waals surface area contributed by atoms with Gasteiger partial charge in [-0.3, -0.25) is 4.79 Å². The van der Waals surface area contributed by atoms with Crippen molar-refractivity contribution in [3.8, 4) is 0 Å². The van der Waals surface area contributed by atoms with E-state index >= 15 is 0 Å². The fourth-order valence-corrected chi connectivity index (χ4v) is 2.94. The van der Waals surface area contributed by atoms with Gasteiger partial charge >= 0.3 is 5.97 Å². The number of carbonyl (C=O) groups is 1. The van der Waals surface area contributed by atoms with Gasteiger partial charge in [0.05, 0.1) is 19.2 Å². The third kappa shape index (κ3) is 5.39. The first-order chi connectivity index (χ1) is 8.98. The van der Waals surface area contributed by atoms with E-state index in [2.05, 4.69) is 19.4 Å². The number of aromatic nitrogens is 2. The highest BCUT2D eigenvalue weighted by Gasteiger charge is 2.25. The number of hydrogen-bond acceptors (Lipinski definition) is 5. The van der Waals surface area contributed by atoms with E-state index in [0.717, 1.165) is 6.42 Å². The Morgan fingerprint density at radius 3 is 2.84 bits per heavy atom. The zero-order valence-corrected chi connectivity index (χ0v) is 11.9. The number of sulfonamides is 1. The maximum Gasteiger partial charge on any atom is 0.324 e. The van der Waals surface area contributed by atoms with Crippen LogP contribution in [0.5, 0.6) is 0 Å². The molecule has 19 heavy (non-hydrogen) atoms. The van der Waals surface area contributed by atoms with Crippen molar-refractivity contribution in [2.75, 3.05) is 12.9 Å². The van der Waals surface area contributed by atoms with Crippen molar-refractivity contribution in [1.82, 2.24) is 14.7 Å². The van der Waals surface area contributed by atoms with E-state index in [1.54, 1.807) is 0 Å². The van der Waals surface area contributed by atoms with Crippen molar-refractivity contribution in [2.24, 2.45) is 0 Å². The van der Waals surface area contributed by atoms with Crippen molar-refractivity contribution >= 4 is 16.0 Å². The van der Waals surface area contributed by atoms with Crippen LogP contribution >= 0.6 is 0 Å². The monoisotopic (exact) mass is 289 g/mol. The first-order valence-corrected chi connectivity index (χ1v) is 7.68. The summed E-state index contributed by atoms with van der Waals surface area (Å²) < 4.78 is 30.6. The number of methoxy groups -OCH3 is 1. The van der Waals surface area contributed by atoms with Crippen molar-refractivity contribution < 1.29 is 17.9 Å². The summed E-state index contributed by atoms with van der Waals surface area (Å²) in [7, 11) is -2.26. The van der Waals surface area contributed by atoms with Crippen LogP contribution < -0.4 is 4.72 Å². The average Bonchev–Trinajstić information content (AvgIpc) is 2.87. The van der Waals surface area contributed by atoms with Crippen LogP contribution in [0.2, 0.25) is 0 Å². The quantitative estimate of drug-likeness (QED) is 0.666. The van der Waals surface area contributed by atoms with Gasteiger partial charge in [0.25, 0.3) is 0 Å². The summed E-state index contributed by atoms with van der Waals surface area (Å²) in [6.07, 6.45) is 4.50. The zero-order chi connectivity index (χ0) is 14.3. The Kier molecular flexibility index (Phi) is 5.97. The Bertz CT molecular complexity index is 484. The van der Waals surface area contributed by atoms with E-state index in [9.17, 15) is 13.2 Å². The molecule has 7 nitrogen and oxygen atoms in total. The molecule has 0 saturated heterocycles. The van der Waals surface area contributed by atoms with E-state index in [4.69, 9.17) is 0 Å². The first kappa shape index (κ1) is 15.6. The van der Waals surface area contributed by atoms with Gasteiger partial charge in [0.15, 0.2) is 0 Å². The standard InChI is InChI=1S/C11H19N3O4S/c1-3-4-5-19(16,17)14-10(11(15)18-2)6-9-7-12-8-13-9/h7-8,10,14H,3-6H2,1-2H3,(H,12,13)/t10-/m0/s1. The second kappa shape index (κ2) is 7.25. The third-order valence-electron chi connectivity index (χ3n) is 2.55. The molecule has 0 saturated carbocycles. The van der Waals surface area contributed by atoms with Crippen LogP contribution in [0.1, 0.15) is 25.5 Å². The summed E-state index contributed by atoms with van der Waals surface area (Å²) in [6, 6.07) is -0.938. The smallest absolute Gasteiger partial charge is 0.324 e. The van der Waals surface area contributed by atoms with Gasteiger partial charge in [-0.05, 0) is 6.42 Å². The average molecular weight is 289 g/mol. The lowest BCUT2D eigenvalue weighted by atomic mass is 10.2. The fourth-order valence-electron chi connectivity index (χ4n) is 1.54. The molecule has 0 aliphatic rings. The molecule has 8 heteroatoms. The highest BCUT2D eigenvalue weighted by atomic mass is 32.2. The number of imidazole rings is 1. The van der Waals surface area contributed by atoms with Crippen LogP contribution in [-0.2, 0) is 26.0 Å². The second-order valence-electron chi connectivity index (χ2n) is 4.15. The summed E-state index contributed by atoms with van der Waals surface area (Å²) in [4.78, 5) is 18.2. The highest BCUT2D eigenvalue weighted by Crippen LogP contribution is 2.03. The summed E-state index contributed by atoms with van der Waals surface area (Å²) in [6.45, 7) is 1.90. The number of nitrogens with zero attached hydrogens (tertiary/aromatic N) is 1. The minimum Gasteiger partial charge on any atom is -0.468 e. The Morgan fingerprint density at radius 1 is 1.58 bits per heavy atom. The Labute approximate surface area is 112 Å². The predicted octanol–water partition coefficient (Wildman–Crippen LogP) is 0.213. The second-order valence-corrected chi connectivity index (χ2v) is 6.02. The number of unbranched alkanes of at least 4 members (excludes halogenated alkanes) is 1. The maximum atomic E-state index is 11.8. The number of carbonyl (C=O) groups excluding carboxylic acids is 1. The van der Waals surface area contributed by atoms with Crippen LogP contribution in [0, 0.1) is 0 Å². The number of H-pyrrole nitrogens is 1. The summed E-state index contributed by atoms with van der Waals surface area (Å²) in [5.74, 6) is -0.616. The largest absolute Gasteiger partial charge is 0.468 e. The summed E-state index contributed by atoms with van der Waals surface area (Å²) >= 11 is 0. The molecule has 1 rings (SSSR count). The van der Waals surface area contributed by atoms with Crippen molar-refractivity contribution in [1.29, 1.82) is 0 Å². The number of esters is 1. The van der Waals surface area contributed by atoms with Gasteiger partial charge in [0, 0.05) is 18.3 Å². The van der Waals surface area contributed by atoms with E-state index < -0.39 is 22.0 Å². The van der Waals surface area contributed by atoms with E-state index in [-0.39, 0.29) is 12.2 Å².